The van der Waals surface area contributed by atoms with Crippen molar-refractivity contribution in [1.29, 1.82) is 0 Å². The molecule has 0 radical (unpaired) electrons. The van der Waals surface area contributed by atoms with E-state index in [9.17, 15) is 4.79 Å². The lowest BCUT2D eigenvalue weighted by molar-refractivity contribution is -0.132. The van der Waals surface area contributed by atoms with Crippen molar-refractivity contribution in [3.63, 3.8) is 0 Å². The molecule has 1 aliphatic heterocycles. The van der Waals surface area contributed by atoms with Crippen molar-refractivity contribution in [2.75, 3.05) is 13.1 Å². The zero-order valence-corrected chi connectivity index (χ0v) is 12.0. The van der Waals surface area contributed by atoms with E-state index in [1.54, 1.807) is 0 Å². The van der Waals surface area contributed by atoms with Crippen LogP contribution < -0.4 is 11.1 Å². The summed E-state index contributed by atoms with van der Waals surface area (Å²) in [6, 6.07) is 8.41. The third kappa shape index (κ3) is 2.45. The summed E-state index contributed by atoms with van der Waals surface area (Å²) in [5, 5.41) is 3.47. The molecule has 0 saturated carbocycles. The Balaban J connectivity index is 1.68. The smallest absolute Gasteiger partial charge is 0.239 e. The summed E-state index contributed by atoms with van der Waals surface area (Å²) >= 11 is 0. The highest BCUT2D eigenvalue weighted by Gasteiger charge is 2.31. The summed E-state index contributed by atoms with van der Waals surface area (Å²) in [5.41, 5.74) is 8.64. The maximum atomic E-state index is 12.4. The molecule has 20 heavy (non-hydrogen) atoms. The zero-order valence-electron chi connectivity index (χ0n) is 12.0. The van der Waals surface area contributed by atoms with Gasteiger partial charge in [0, 0.05) is 25.2 Å². The van der Waals surface area contributed by atoms with Crippen LogP contribution in [0.25, 0.3) is 0 Å². The summed E-state index contributed by atoms with van der Waals surface area (Å²) < 4.78 is 0. The van der Waals surface area contributed by atoms with Crippen molar-refractivity contribution >= 4 is 5.91 Å². The van der Waals surface area contributed by atoms with Gasteiger partial charge in [0.15, 0.2) is 0 Å². The number of nitrogens with zero attached hydrogens (tertiary/aromatic N) is 1. The molecule has 2 aliphatic rings. The number of hydrogen-bond donors (Lipinski definition) is 2. The van der Waals surface area contributed by atoms with Gasteiger partial charge in [-0.25, -0.2) is 0 Å². The van der Waals surface area contributed by atoms with Crippen molar-refractivity contribution in [3.8, 4) is 0 Å². The Morgan fingerprint density at radius 1 is 1.30 bits per heavy atom. The van der Waals surface area contributed by atoms with Crippen LogP contribution in [-0.2, 0) is 4.79 Å². The van der Waals surface area contributed by atoms with Gasteiger partial charge >= 0.3 is 0 Å². The van der Waals surface area contributed by atoms with Crippen LogP contribution in [0.15, 0.2) is 24.3 Å². The van der Waals surface area contributed by atoms with Gasteiger partial charge in [0.2, 0.25) is 5.91 Å². The molecular weight excluding hydrogens is 250 g/mol. The first-order valence-electron chi connectivity index (χ1n) is 7.56. The third-order valence-electron chi connectivity index (χ3n) is 4.50. The first kappa shape index (κ1) is 13.6. The van der Waals surface area contributed by atoms with Gasteiger partial charge in [-0.2, -0.15) is 0 Å². The maximum Gasteiger partial charge on any atom is 0.239 e. The lowest BCUT2D eigenvalue weighted by Gasteiger charge is -2.24. The van der Waals surface area contributed by atoms with Crippen molar-refractivity contribution in [3.05, 3.63) is 35.4 Å². The SMILES string of the molecule is CC(NC1CC(N)c2ccccc21)C(=O)N1CCCC1. The second-order valence-corrected chi connectivity index (χ2v) is 5.94. The maximum absolute atomic E-state index is 12.4. The Morgan fingerprint density at radius 3 is 2.65 bits per heavy atom. The average molecular weight is 273 g/mol. The van der Waals surface area contributed by atoms with E-state index in [1.807, 2.05) is 24.0 Å². The number of rotatable bonds is 3. The van der Waals surface area contributed by atoms with Crippen LogP contribution in [0.5, 0.6) is 0 Å². The highest BCUT2D eigenvalue weighted by atomic mass is 16.2. The minimum atomic E-state index is -0.142. The fraction of sp³-hybridized carbons (Fsp3) is 0.562. The molecule has 1 heterocycles. The molecule has 3 N–H and O–H groups in total. The normalized spacial score (nSPS) is 26.6. The lowest BCUT2D eigenvalue weighted by atomic mass is 10.1. The topological polar surface area (TPSA) is 58.4 Å². The van der Waals surface area contributed by atoms with Crippen LogP contribution in [0.3, 0.4) is 0 Å². The van der Waals surface area contributed by atoms with Gasteiger partial charge in [0.05, 0.1) is 6.04 Å². The molecule has 108 valence electrons. The fourth-order valence-corrected chi connectivity index (χ4v) is 3.42. The molecule has 1 amide bonds. The van der Waals surface area contributed by atoms with Crippen LogP contribution in [0.4, 0.5) is 0 Å². The van der Waals surface area contributed by atoms with Crippen LogP contribution in [0.2, 0.25) is 0 Å². The molecule has 1 aliphatic carbocycles. The second kappa shape index (κ2) is 5.54. The Morgan fingerprint density at radius 2 is 1.95 bits per heavy atom. The van der Waals surface area contributed by atoms with Gasteiger partial charge in [-0.1, -0.05) is 24.3 Å². The Kier molecular flexibility index (Phi) is 3.76. The zero-order chi connectivity index (χ0) is 14.1. The number of hydrogen-bond acceptors (Lipinski definition) is 3. The lowest BCUT2D eigenvalue weighted by Crippen LogP contribution is -2.44. The highest BCUT2D eigenvalue weighted by Crippen LogP contribution is 2.37. The standard InChI is InChI=1S/C16H23N3O/c1-11(16(20)19-8-4-5-9-19)18-15-10-14(17)12-6-2-3-7-13(12)15/h2-3,6-7,11,14-15,18H,4-5,8-10,17H2,1H3. The minimum absolute atomic E-state index is 0.0813. The molecule has 1 aromatic carbocycles. The predicted octanol–water partition coefficient (Wildman–Crippen LogP) is 1.73. The fourth-order valence-electron chi connectivity index (χ4n) is 3.42. The first-order valence-corrected chi connectivity index (χ1v) is 7.56. The monoisotopic (exact) mass is 273 g/mol. The molecular formula is C16H23N3O. The molecule has 1 fully saturated rings. The van der Waals surface area contributed by atoms with Crippen molar-refractivity contribution in [2.45, 2.75) is 44.3 Å². The Labute approximate surface area is 120 Å². The molecule has 1 aromatic rings. The van der Waals surface area contributed by atoms with Crippen molar-refractivity contribution < 1.29 is 4.79 Å². The number of amides is 1. The average Bonchev–Trinajstić information content (AvgIpc) is 3.08. The molecule has 0 aromatic heterocycles. The summed E-state index contributed by atoms with van der Waals surface area (Å²) in [6.45, 7) is 3.78. The minimum Gasteiger partial charge on any atom is -0.341 e. The summed E-state index contributed by atoms with van der Waals surface area (Å²) in [6.07, 6.45) is 3.14. The predicted molar refractivity (Wildman–Crippen MR) is 79.1 cm³/mol. The number of likely N-dealkylation sites (tertiary alicyclic amines) is 1. The number of carbonyl (C=O) groups is 1. The van der Waals surface area contributed by atoms with E-state index < -0.39 is 0 Å². The molecule has 3 unspecified atom stereocenters. The van der Waals surface area contributed by atoms with E-state index in [0.29, 0.717) is 0 Å². The quantitative estimate of drug-likeness (QED) is 0.882. The van der Waals surface area contributed by atoms with Crippen LogP contribution >= 0.6 is 0 Å². The number of benzene rings is 1. The molecule has 0 spiro atoms. The molecule has 3 atom stereocenters. The van der Waals surface area contributed by atoms with E-state index in [0.717, 1.165) is 32.4 Å². The summed E-state index contributed by atoms with van der Waals surface area (Å²) in [5.74, 6) is 0.223. The van der Waals surface area contributed by atoms with Crippen LogP contribution in [-0.4, -0.2) is 29.9 Å². The van der Waals surface area contributed by atoms with Gasteiger partial charge < -0.3 is 10.6 Å². The molecule has 4 heteroatoms. The van der Waals surface area contributed by atoms with Gasteiger partial charge in [0.25, 0.3) is 0 Å². The van der Waals surface area contributed by atoms with E-state index >= 15 is 0 Å². The summed E-state index contributed by atoms with van der Waals surface area (Å²) in [7, 11) is 0. The van der Waals surface area contributed by atoms with Crippen molar-refractivity contribution in [1.82, 2.24) is 10.2 Å². The number of nitrogens with two attached hydrogens (primary N) is 1. The third-order valence-corrected chi connectivity index (χ3v) is 4.50. The van der Waals surface area contributed by atoms with Crippen LogP contribution in [0, 0.1) is 0 Å². The number of fused-ring (bicyclic) bond motifs is 1. The molecule has 4 nitrogen and oxygen atoms in total. The van der Waals surface area contributed by atoms with Crippen LogP contribution in [0.1, 0.15) is 49.4 Å². The Bertz CT molecular complexity index is 496. The first-order chi connectivity index (χ1) is 9.66. The molecule has 1 saturated heterocycles. The van der Waals surface area contributed by atoms with Gasteiger partial charge in [-0.05, 0) is 37.3 Å². The summed E-state index contributed by atoms with van der Waals surface area (Å²) in [4.78, 5) is 14.3. The van der Waals surface area contributed by atoms with Crippen molar-refractivity contribution in [2.24, 2.45) is 5.73 Å². The number of nitrogens with one attached hydrogen (secondary N) is 1. The molecule has 3 rings (SSSR count). The second-order valence-electron chi connectivity index (χ2n) is 5.94. The largest absolute Gasteiger partial charge is 0.341 e. The number of carbonyl (C=O) groups excluding carboxylic acids is 1. The van der Waals surface area contributed by atoms with E-state index in [4.69, 9.17) is 5.73 Å². The molecule has 0 bridgehead atoms. The van der Waals surface area contributed by atoms with E-state index in [2.05, 4.69) is 17.4 Å². The van der Waals surface area contributed by atoms with Gasteiger partial charge in [0.1, 0.15) is 0 Å². The van der Waals surface area contributed by atoms with Gasteiger partial charge in [-0.3, -0.25) is 10.1 Å². The van der Waals surface area contributed by atoms with Gasteiger partial charge in [-0.15, -0.1) is 0 Å². The van der Waals surface area contributed by atoms with E-state index in [1.165, 1.54) is 11.1 Å². The highest BCUT2D eigenvalue weighted by molar-refractivity contribution is 5.81. The Hall–Kier alpha value is -1.39. The van der Waals surface area contributed by atoms with E-state index in [-0.39, 0.29) is 24.0 Å².